The number of halogens is 1. The Hall–Kier alpha value is -2.35. The SMILES string of the molecule is CC.CCCc1cc(Cl)ccc1C1COc2ccc3cc2N(C1)CC1CCC1C(CC)(OC)/C=C/CC(C)C(C)S(=O)NC3=O. The lowest BCUT2D eigenvalue weighted by Crippen LogP contribution is -2.51. The van der Waals surface area contributed by atoms with Gasteiger partial charge in [0.25, 0.3) is 5.91 Å². The molecule has 2 aromatic rings. The van der Waals surface area contributed by atoms with Crippen molar-refractivity contribution in [2.24, 2.45) is 17.8 Å². The second-order valence-electron chi connectivity index (χ2n) is 12.7. The van der Waals surface area contributed by atoms with Gasteiger partial charge in [0, 0.05) is 36.7 Å². The third-order valence-electron chi connectivity index (χ3n) is 10.2. The molecule has 1 N–H and O–H groups in total. The molecule has 45 heavy (non-hydrogen) atoms. The van der Waals surface area contributed by atoms with E-state index in [1.54, 1.807) is 6.07 Å². The summed E-state index contributed by atoms with van der Waals surface area (Å²) in [6.45, 7) is 14.6. The fourth-order valence-corrected chi connectivity index (χ4v) is 8.38. The molecule has 6 nitrogen and oxygen atoms in total. The van der Waals surface area contributed by atoms with Gasteiger partial charge in [0.15, 0.2) is 0 Å². The number of allylic oxidation sites excluding steroid dienone is 1. The van der Waals surface area contributed by atoms with E-state index in [1.807, 2.05) is 46.1 Å². The summed E-state index contributed by atoms with van der Waals surface area (Å²) in [5, 5.41) is 0.558. The Morgan fingerprint density at radius 1 is 1.11 bits per heavy atom. The zero-order valence-corrected chi connectivity index (χ0v) is 29.8. The number of benzene rings is 2. The third-order valence-corrected chi connectivity index (χ3v) is 11.9. The van der Waals surface area contributed by atoms with Gasteiger partial charge in [0.1, 0.15) is 16.7 Å². The van der Waals surface area contributed by atoms with Crippen LogP contribution >= 0.6 is 11.6 Å². The Kier molecular flexibility index (Phi) is 12.6. The first-order valence-corrected chi connectivity index (χ1v) is 18.5. The number of amides is 1. The summed E-state index contributed by atoms with van der Waals surface area (Å²) in [6, 6.07) is 11.9. The van der Waals surface area contributed by atoms with Crippen molar-refractivity contribution in [2.45, 2.75) is 96.8 Å². The standard InChI is InChI=1S/C35H47ClN2O4S.C2H6/c1-6-9-25-18-29(36)13-14-30(25)28-21-38-20-27-11-15-31(27)35(7-2,41-5)17-8-10-23(3)24(4)43(40)37-34(39)26-12-16-33(42-22-28)32(38)19-26;1-2/h8,12-14,16-19,23-24,27-28,31H,6-7,9-11,15,20-22H2,1-5H3,(H,37,39);1-2H3/b17-8+;. The molecule has 1 aliphatic carbocycles. The second-order valence-corrected chi connectivity index (χ2v) is 14.7. The predicted molar refractivity (Wildman–Crippen MR) is 188 cm³/mol. The summed E-state index contributed by atoms with van der Waals surface area (Å²) >= 11 is 6.43. The van der Waals surface area contributed by atoms with Crippen LogP contribution in [0.3, 0.4) is 0 Å². The van der Waals surface area contributed by atoms with Crippen molar-refractivity contribution >= 4 is 34.2 Å². The van der Waals surface area contributed by atoms with E-state index in [1.165, 1.54) is 11.1 Å². The molecule has 248 valence electrons. The Balaban J connectivity index is 0.00000226. The highest BCUT2D eigenvalue weighted by atomic mass is 35.5. The molecule has 2 heterocycles. The lowest BCUT2D eigenvalue weighted by molar-refractivity contribution is -0.0770. The van der Waals surface area contributed by atoms with Gasteiger partial charge in [-0.15, -0.1) is 0 Å². The van der Waals surface area contributed by atoms with Crippen LogP contribution in [0.25, 0.3) is 0 Å². The highest BCUT2D eigenvalue weighted by Gasteiger charge is 2.46. The Morgan fingerprint density at radius 3 is 2.56 bits per heavy atom. The molecule has 1 amide bonds. The zero-order valence-electron chi connectivity index (χ0n) is 28.2. The van der Waals surface area contributed by atoms with Crippen LogP contribution in [-0.2, 0) is 22.1 Å². The van der Waals surface area contributed by atoms with Crippen molar-refractivity contribution in [1.82, 2.24) is 4.72 Å². The summed E-state index contributed by atoms with van der Waals surface area (Å²) in [6.07, 6.45) is 10.4. The number of methoxy groups -OCH3 is 1. The van der Waals surface area contributed by atoms with Crippen molar-refractivity contribution in [3.05, 3.63) is 70.3 Å². The average Bonchev–Trinajstić information content (AvgIpc) is 3.21. The molecular weight excluding hydrogens is 604 g/mol. The highest BCUT2D eigenvalue weighted by Crippen LogP contribution is 2.48. The largest absolute Gasteiger partial charge is 0.491 e. The molecule has 2 bridgehead atoms. The van der Waals surface area contributed by atoms with Crippen LogP contribution in [0.5, 0.6) is 5.75 Å². The molecule has 7 unspecified atom stereocenters. The van der Waals surface area contributed by atoms with Crippen LogP contribution in [-0.4, -0.2) is 47.8 Å². The summed E-state index contributed by atoms with van der Waals surface area (Å²) in [5.74, 6) is 1.55. The molecule has 3 aliphatic rings. The maximum absolute atomic E-state index is 13.4. The molecule has 2 aliphatic heterocycles. The first kappa shape index (κ1) is 35.5. The molecule has 0 aromatic heterocycles. The van der Waals surface area contributed by atoms with Gasteiger partial charge < -0.3 is 14.4 Å². The van der Waals surface area contributed by atoms with Gasteiger partial charge in [-0.3, -0.25) is 9.52 Å². The minimum atomic E-state index is -1.51. The normalized spacial score (nSPS) is 30.8. The van der Waals surface area contributed by atoms with Gasteiger partial charge in [-0.1, -0.05) is 70.9 Å². The average molecular weight is 657 g/mol. The maximum atomic E-state index is 13.4. The highest BCUT2D eigenvalue weighted by molar-refractivity contribution is 7.84. The molecular formula is C37H53ClN2O4S. The topological polar surface area (TPSA) is 67.9 Å². The number of hydrogen-bond acceptors (Lipinski definition) is 5. The Morgan fingerprint density at radius 2 is 1.89 bits per heavy atom. The van der Waals surface area contributed by atoms with Crippen molar-refractivity contribution in [1.29, 1.82) is 0 Å². The van der Waals surface area contributed by atoms with E-state index >= 15 is 0 Å². The number of hydrogen-bond donors (Lipinski definition) is 1. The van der Waals surface area contributed by atoms with Crippen LogP contribution in [0.4, 0.5) is 5.69 Å². The maximum Gasteiger partial charge on any atom is 0.263 e. The quantitative estimate of drug-likeness (QED) is 0.327. The number of aryl methyl sites for hydroxylation is 1. The van der Waals surface area contributed by atoms with E-state index in [4.69, 9.17) is 21.1 Å². The van der Waals surface area contributed by atoms with E-state index in [-0.39, 0.29) is 28.6 Å². The Labute approximate surface area is 278 Å². The van der Waals surface area contributed by atoms with E-state index in [9.17, 15) is 9.00 Å². The van der Waals surface area contributed by atoms with Gasteiger partial charge in [-0.25, -0.2) is 4.21 Å². The monoisotopic (exact) mass is 656 g/mol. The lowest BCUT2D eigenvalue weighted by atomic mass is 9.63. The van der Waals surface area contributed by atoms with E-state index in [0.717, 1.165) is 68.1 Å². The van der Waals surface area contributed by atoms with E-state index in [0.29, 0.717) is 24.0 Å². The van der Waals surface area contributed by atoms with Gasteiger partial charge in [0.05, 0.1) is 23.1 Å². The van der Waals surface area contributed by atoms with Gasteiger partial charge in [-0.05, 0) is 98.2 Å². The smallest absolute Gasteiger partial charge is 0.263 e. The molecule has 7 atom stereocenters. The van der Waals surface area contributed by atoms with Crippen LogP contribution in [0.2, 0.25) is 5.02 Å². The van der Waals surface area contributed by atoms with E-state index in [2.05, 4.69) is 54.7 Å². The van der Waals surface area contributed by atoms with Crippen molar-refractivity contribution in [3.8, 4) is 5.75 Å². The predicted octanol–water partition coefficient (Wildman–Crippen LogP) is 8.50. The summed E-state index contributed by atoms with van der Waals surface area (Å²) in [4.78, 5) is 15.8. The van der Waals surface area contributed by atoms with Crippen LogP contribution in [0.15, 0.2) is 48.6 Å². The van der Waals surface area contributed by atoms with Crippen LogP contribution in [0.1, 0.15) is 101 Å². The molecule has 2 aromatic carbocycles. The van der Waals surface area contributed by atoms with E-state index < -0.39 is 11.0 Å². The summed E-state index contributed by atoms with van der Waals surface area (Å²) in [5.41, 5.74) is 3.62. The number of fused-ring (bicyclic) bond motifs is 2. The minimum absolute atomic E-state index is 0.132. The third kappa shape index (κ3) is 7.80. The number of anilines is 1. The minimum Gasteiger partial charge on any atom is -0.491 e. The number of carbonyl (C=O) groups excluding carboxylic acids is 1. The van der Waals surface area contributed by atoms with Crippen molar-refractivity contribution in [2.75, 3.05) is 31.7 Å². The molecule has 8 heteroatoms. The number of ether oxygens (including phenoxy) is 2. The fraction of sp³-hybridized carbons (Fsp3) is 0.595. The summed E-state index contributed by atoms with van der Waals surface area (Å²) < 4.78 is 28.8. The number of rotatable bonds is 5. The molecule has 0 spiro atoms. The van der Waals surface area contributed by atoms with Gasteiger partial charge in [-0.2, -0.15) is 0 Å². The molecule has 0 radical (unpaired) electrons. The molecule has 1 fully saturated rings. The van der Waals surface area contributed by atoms with Crippen molar-refractivity contribution in [3.63, 3.8) is 0 Å². The fourth-order valence-electron chi connectivity index (χ4n) is 7.16. The van der Waals surface area contributed by atoms with Crippen LogP contribution < -0.4 is 14.4 Å². The zero-order chi connectivity index (χ0) is 32.7. The van der Waals surface area contributed by atoms with Gasteiger partial charge >= 0.3 is 0 Å². The Bertz CT molecular complexity index is 1360. The first-order chi connectivity index (χ1) is 21.7. The van der Waals surface area contributed by atoms with Crippen LogP contribution in [0, 0.1) is 17.8 Å². The molecule has 1 saturated carbocycles. The molecule has 0 saturated heterocycles. The molecule has 5 rings (SSSR count). The van der Waals surface area contributed by atoms with Gasteiger partial charge in [0.2, 0.25) is 0 Å². The lowest BCUT2D eigenvalue weighted by Gasteiger charge is -2.49. The number of nitrogens with one attached hydrogen (secondary N) is 1. The second kappa shape index (κ2) is 16.0. The number of carbonyl (C=O) groups is 1. The number of nitrogens with zero attached hydrogens (tertiary/aromatic N) is 1. The first-order valence-electron chi connectivity index (χ1n) is 16.9. The summed E-state index contributed by atoms with van der Waals surface area (Å²) in [7, 11) is 0.324. The van der Waals surface area contributed by atoms with Crippen molar-refractivity contribution < 1.29 is 18.5 Å².